The van der Waals surface area contributed by atoms with E-state index in [1.165, 1.54) is 87.2 Å². The van der Waals surface area contributed by atoms with Crippen LogP contribution in [-0.2, 0) is 0 Å². The number of Topliss-reactive ketones (excluding diaryl/α,β-unsaturated/α-hetero) is 1. The number of hydrogen-bond acceptors (Lipinski definition) is 1. The molecule has 2 rings (SSSR count). The first kappa shape index (κ1) is 27.6. The monoisotopic (exact) mass is 527 g/mol. The fraction of sp³-hybridized carbons (Fsp3) is 0.741. The molecule has 1 saturated carbocycles. The summed E-state index contributed by atoms with van der Waals surface area (Å²) in [6.45, 7) is 5.83. The average molecular weight is 528 g/mol. The molecule has 0 N–H and O–H groups in total. The third-order valence-corrected chi connectivity index (χ3v) is 7.20. The fourth-order valence-electron chi connectivity index (χ4n) is 5.20. The highest BCUT2D eigenvalue weighted by molar-refractivity contribution is 5.96. The van der Waals surface area contributed by atoms with Crippen LogP contribution in [0.2, 0.25) is 0 Å². The first-order valence-corrected chi connectivity index (χ1v) is 12.4. The van der Waals surface area contributed by atoms with Crippen LogP contribution in [0, 0.1) is 0 Å². The van der Waals surface area contributed by atoms with Crippen LogP contribution in [0.3, 0.4) is 0 Å². The number of nitrogens with zero attached hydrogens (tertiary/aromatic N) is 1. The van der Waals surface area contributed by atoms with E-state index in [9.17, 15) is 4.79 Å². The molecule has 0 bridgehead atoms. The summed E-state index contributed by atoms with van der Waals surface area (Å²) in [5, 5.41) is 0. The van der Waals surface area contributed by atoms with Crippen LogP contribution in [0.15, 0.2) is 24.3 Å². The van der Waals surface area contributed by atoms with Gasteiger partial charge in [0.2, 0.25) is 0 Å². The second-order valence-electron chi connectivity index (χ2n) is 9.92. The van der Waals surface area contributed by atoms with Crippen molar-refractivity contribution in [2.24, 2.45) is 0 Å². The quantitative estimate of drug-likeness (QED) is 0.160. The average Bonchev–Trinajstić information content (AvgIpc) is 2.73. The van der Waals surface area contributed by atoms with Crippen LogP contribution in [0.4, 0.5) is 0 Å². The van der Waals surface area contributed by atoms with Crippen molar-refractivity contribution >= 4 is 5.78 Å². The molecule has 0 amide bonds. The second-order valence-corrected chi connectivity index (χ2v) is 9.92. The number of carbonyl (C=O) groups excluding carboxylic acids is 1. The van der Waals surface area contributed by atoms with E-state index < -0.39 is 0 Å². The molecule has 0 heterocycles. The van der Waals surface area contributed by atoms with Crippen molar-refractivity contribution in [3.63, 3.8) is 0 Å². The van der Waals surface area contributed by atoms with Gasteiger partial charge in [0.15, 0.2) is 5.78 Å². The van der Waals surface area contributed by atoms with Gasteiger partial charge in [-0.3, -0.25) is 4.79 Å². The molecule has 2 nitrogen and oxygen atoms in total. The fourth-order valence-corrected chi connectivity index (χ4v) is 5.20. The van der Waals surface area contributed by atoms with Crippen LogP contribution < -0.4 is 24.0 Å². The van der Waals surface area contributed by atoms with Gasteiger partial charge in [-0.1, -0.05) is 76.6 Å². The Labute approximate surface area is 203 Å². The Hall–Kier alpha value is -0.420. The molecule has 0 unspecified atom stereocenters. The van der Waals surface area contributed by atoms with Crippen LogP contribution in [0.5, 0.6) is 0 Å². The first-order chi connectivity index (χ1) is 14.0. The number of carbonyl (C=O) groups is 1. The molecule has 1 fully saturated rings. The molecule has 172 valence electrons. The standard InChI is InChI=1S/C27H46NO.HI/c1-5-7-8-9-10-11-12-13-27(29)25-16-14-23(15-17-25)24-18-20-26(21-19-24)28(3,4)22-6-2;/h14-17,24,26H,5-13,18-22H2,1-4H3;1H/q+1;/p-1. The number of benzene rings is 1. The maximum absolute atomic E-state index is 12.5. The van der Waals surface area contributed by atoms with Gasteiger partial charge in [-0.15, -0.1) is 0 Å². The molecule has 1 aromatic rings. The number of rotatable bonds is 13. The van der Waals surface area contributed by atoms with Gasteiger partial charge < -0.3 is 28.5 Å². The number of quaternary nitrogens is 1. The summed E-state index contributed by atoms with van der Waals surface area (Å²) >= 11 is 0. The zero-order valence-electron chi connectivity index (χ0n) is 20.1. The van der Waals surface area contributed by atoms with Crippen molar-refractivity contribution < 1.29 is 33.3 Å². The lowest BCUT2D eigenvalue weighted by Crippen LogP contribution is -3.00. The molecule has 1 aromatic carbocycles. The number of ketones is 1. The lowest BCUT2D eigenvalue weighted by Gasteiger charge is -2.41. The van der Waals surface area contributed by atoms with Gasteiger partial charge in [-0.2, -0.15) is 0 Å². The Morgan fingerprint density at radius 1 is 0.833 bits per heavy atom. The molecular formula is C27H46INO. The predicted molar refractivity (Wildman–Crippen MR) is 126 cm³/mol. The molecule has 0 spiro atoms. The van der Waals surface area contributed by atoms with Gasteiger partial charge in [0.05, 0.1) is 26.7 Å². The molecule has 0 saturated heterocycles. The lowest BCUT2D eigenvalue weighted by atomic mass is 9.80. The summed E-state index contributed by atoms with van der Waals surface area (Å²) in [6, 6.07) is 9.45. The van der Waals surface area contributed by atoms with Gasteiger partial charge >= 0.3 is 0 Å². The molecule has 0 atom stereocenters. The van der Waals surface area contributed by atoms with Gasteiger partial charge in [-0.05, 0) is 37.2 Å². The molecular weight excluding hydrogens is 481 g/mol. The third-order valence-electron chi connectivity index (χ3n) is 7.20. The molecule has 30 heavy (non-hydrogen) atoms. The normalized spacial score (nSPS) is 19.3. The van der Waals surface area contributed by atoms with Gasteiger partial charge in [0, 0.05) is 24.8 Å². The Kier molecular flexibility index (Phi) is 13.4. The third kappa shape index (κ3) is 8.98. The van der Waals surface area contributed by atoms with E-state index >= 15 is 0 Å². The van der Waals surface area contributed by atoms with E-state index in [2.05, 4.69) is 52.2 Å². The summed E-state index contributed by atoms with van der Waals surface area (Å²) in [7, 11) is 4.81. The smallest absolute Gasteiger partial charge is 0.162 e. The summed E-state index contributed by atoms with van der Waals surface area (Å²) in [5.41, 5.74) is 2.35. The van der Waals surface area contributed by atoms with Crippen molar-refractivity contribution in [1.82, 2.24) is 0 Å². The maximum atomic E-state index is 12.5. The minimum absolute atomic E-state index is 0. The SMILES string of the molecule is CCCCCCCCCC(=O)c1ccc(C2CCC([N+](C)(C)CCC)CC2)cc1.[I-]. The van der Waals surface area contributed by atoms with Crippen LogP contribution >= 0.6 is 0 Å². The Morgan fingerprint density at radius 3 is 1.97 bits per heavy atom. The van der Waals surface area contributed by atoms with Crippen molar-refractivity contribution in [3.8, 4) is 0 Å². The number of unbranched alkanes of at least 4 members (excludes halogenated alkanes) is 6. The summed E-state index contributed by atoms with van der Waals surface area (Å²) in [4.78, 5) is 12.5. The van der Waals surface area contributed by atoms with Crippen molar-refractivity contribution in [2.75, 3.05) is 20.6 Å². The highest BCUT2D eigenvalue weighted by Gasteiger charge is 2.32. The minimum atomic E-state index is 0. The summed E-state index contributed by atoms with van der Waals surface area (Å²) in [5.74, 6) is 1.01. The van der Waals surface area contributed by atoms with E-state index in [-0.39, 0.29) is 24.0 Å². The maximum Gasteiger partial charge on any atom is 0.162 e. The van der Waals surface area contributed by atoms with Crippen LogP contribution in [0.1, 0.15) is 119 Å². The van der Waals surface area contributed by atoms with E-state index in [1.807, 2.05) is 0 Å². The molecule has 1 aliphatic carbocycles. The van der Waals surface area contributed by atoms with Gasteiger partial charge in [-0.25, -0.2) is 0 Å². The largest absolute Gasteiger partial charge is 1.00 e. The second kappa shape index (κ2) is 14.6. The van der Waals surface area contributed by atoms with E-state index in [1.54, 1.807) is 0 Å². The lowest BCUT2D eigenvalue weighted by molar-refractivity contribution is -0.916. The summed E-state index contributed by atoms with van der Waals surface area (Å²) < 4.78 is 1.18. The van der Waals surface area contributed by atoms with Crippen LogP contribution in [0.25, 0.3) is 0 Å². The molecule has 0 radical (unpaired) electrons. The zero-order chi connectivity index (χ0) is 21.1. The highest BCUT2D eigenvalue weighted by Crippen LogP contribution is 2.36. The molecule has 0 aromatic heterocycles. The van der Waals surface area contributed by atoms with Crippen molar-refractivity contribution in [1.29, 1.82) is 0 Å². The molecule has 3 heteroatoms. The van der Waals surface area contributed by atoms with Gasteiger partial charge in [0.1, 0.15) is 0 Å². The molecule has 0 aliphatic heterocycles. The van der Waals surface area contributed by atoms with E-state index in [0.29, 0.717) is 18.1 Å². The molecule has 1 aliphatic rings. The topological polar surface area (TPSA) is 17.1 Å². The van der Waals surface area contributed by atoms with E-state index in [4.69, 9.17) is 0 Å². The zero-order valence-corrected chi connectivity index (χ0v) is 22.3. The number of hydrogen-bond donors (Lipinski definition) is 0. The Balaban J connectivity index is 0.00000450. The van der Waals surface area contributed by atoms with Crippen LogP contribution in [-0.4, -0.2) is 36.9 Å². The minimum Gasteiger partial charge on any atom is -1.00 e. The van der Waals surface area contributed by atoms with Gasteiger partial charge in [0.25, 0.3) is 0 Å². The Bertz CT molecular complexity index is 587. The summed E-state index contributed by atoms with van der Waals surface area (Å²) in [6.07, 6.45) is 16.1. The van der Waals surface area contributed by atoms with Crippen molar-refractivity contribution in [2.45, 2.75) is 109 Å². The Morgan fingerprint density at radius 2 is 1.40 bits per heavy atom. The first-order valence-electron chi connectivity index (χ1n) is 12.4. The van der Waals surface area contributed by atoms with E-state index in [0.717, 1.165) is 18.0 Å². The highest BCUT2D eigenvalue weighted by atomic mass is 127. The van der Waals surface area contributed by atoms with Crippen molar-refractivity contribution in [3.05, 3.63) is 35.4 Å². The number of halogens is 1. The predicted octanol–water partition coefficient (Wildman–Crippen LogP) is 4.53.